The second-order valence-electron chi connectivity index (χ2n) is 5.67. The predicted octanol–water partition coefficient (Wildman–Crippen LogP) is 4.15. The highest BCUT2D eigenvalue weighted by molar-refractivity contribution is 9.10. The molecule has 0 saturated heterocycles. The molecule has 26 heavy (non-hydrogen) atoms. The fraction of sp³-hybridized carbons (Fsp3) is 0.100. The number of halogens is 2. The zero-order valence-corrected chi connectivity index (χ0v) is 15.5. The molecule has 1 aromatic heterocycles. The van der Waals surface area contributed by atoms with Gasteiger partial charge in [0.05, 0.1) is 11.9 Å². The molecule has 132 valence electrons. The molecule has 0 aliphatic carbocycles. The number of carbonyl (C=O) groups excluding carboxylic acids is 1. The molecule has 0 aliphatic rings. The highest BCUT2D eigenvalue weighted by atomic mass is 79.9. The zero-order chi connectivity index (χ0) is 18.4. The summed E-state index contributed by atoms with van der Waals surface area (Å²) in [6.45, 7) is 0.477. The van der Waals surface area contributed by atoms with Crippen molar-refractivity contribution in [3.63, 3.8) is 0 Å². The lowest BCUT2D eigenvalue weighted by molar-refractivity contribution is -0.116. The van der Waals surface area contributed by atoms with Crippen LogP contribution in [0.3, 0.4) is 0 Å². The summed E-state index contributed by atoms with van der Waals surface area (Å²) in [5, 5.41) is 7.11. The average Bonchev–Trinajstić information content (AvgIpc) is 3.12. The van der Waals surface area contributed by atoms with E-state index in [-0.39, 0.29) is 11.7 Å². The number of rotatable bonds is 6. The SMILES string of the molecule is O=C(/C=C/c1cc(Br)ccc1F)NCCc1cnn(-c2ccccc2)c1. The number of para-hydroxylation sites is 1. The van der Waals surface area contributed by atoms with Crippen molar-refractivity contribution in [3.8, 4) is 5.69 Å². The number of carbonyl (C=O) groups is 1. The van der Waals surface area contributed by atoms with Crippen LogP contribution in [0.5, 0.6) is 0 Å². The van der Waals surface area contributed by atoms with Gasteiger partial charge in [0.2, 0.25) is 5.91 Å². The number of nitrogens with zero attached hydrogens (tertiary/aromatic N) is 2. The summed E-state index contributed by atoms with van der Waals surface area (Å²) < 4.78 is 16.2. The van der Waals surface area contributed by atoms with Crippen LogP contribution in [0.2, 0.25) is 0 Å². The Morgan fingerprint density at radius 1 is 1.23 bits per heavy atom. The molecule has 3 aromatic rings. The van der Waals surface area contributed by atoms with Crippen molar-refractivity contribution in [2.75, 3.05) is 6.54 Å². The van der Waals surface area contributed by atoms with Crippen LogP contribution in [0.25, 0.3) is 11.8 Å². The first-order valence-corrected chi connectivity index (χ1v) is 8.91. The lowest BCUT2D eigenvalue weighted by atomic mass is 10.2. The van der Waals surface area contributed by atoms with E-state index in [1.165, 1.54) is 18.2 Å². The summed E-state index contributed by atoms with van der Waals surface area (Å²) in [4.78, 5) is 11.9. The topological polar surface area (TPSA) is 46.9 Å². The Labute approximate surface area is 159 Å². The van der Waals surface area contributed by atoms with Crippen LogP contribution in [-0.4, -0.2) is 22.2 Å². The molecule has 0 fully saturated rings. The fourth-order valence-electron chi connectivity index (χ4n) is 2.41. The van der Waals surface area contributed by atoms with Gasteiger partial charge in [-0.3, -0.25) is 4.79 Å². The van der Waals surface area contributed by atoms with E-state index in [1.807, 2.05) is 36.5 Å². The van der Waals surface area contributed by atoms with Crippen LogP contribution < -0.4 is 5.32 Å². The third kappa shape index (κ3) is 4.89. The number of nitrogens with one attached hydrogen (secondary N) is 1. The molecule has 0 atom stereocenters. The van der Waals surface area contributed by atoms with E-state index in [0.717, 1.165) is 15.7 Å². The molecule has 1 N–H and O–H groups in total. The Balaban J connectivity index is 1.50. The Hall–Kier alpha value is -2.73. The van der Waals surface area contributed by atoms with Crippen molar-refractivity contribution in [1.29, 1.82) is 0 Å². The van der Waals surface area contributed by atoms with Crippen LogP contribution in [0.15, 0.2) is 71.5 Å². The highest BCUT2D eigenvalue weighted by Crippen LogP contribution is 2.16. The first-order chi connectivity index (χ1) is 12.6. The molecule has 6 heteroatoms. The molecule has 1 heterocycles. The van der Waals surface area contributed by atoms with Crippen LogP contribution in [0.4, 0.5) is 4.39 Å². The zero-order valence-electron chi connectivity index (χ0n) is 13.9. The second kappa shape index (κ2) is 8.58. The summed E-state index contributed by atoms with van der Waals surface area (Å²) in [7, 11) is 0. The molecule has 0 radical (unpaired) electrons. The van der Waals surface area contributed by atoms with Gasteiger partial charge in [-0.15, -0.1) is 0 Å². The van der Waals surface area contributed by atoms with Crippen molar-refractivity contribution < 1.29 is 9.18 Å². The molecule has 0 aliphatic heterocycles. The van der Waals surface area contributed by atoms with Crippen molar-refractivity contribution in [3.05, 3.63) is 88.4 Å². The maximum absolute atomic E-state index is 13.6. The molecule has 0 saturated carbocycles. The average molecular weight is 414 g/mol. The Kier molecular flexibility index (Phi) is 5.96. The van der Waals surface area contributed by atoms with Crippen molar-refractivity contribution in [1.82, 2.24) is 15.1 Å². The molecule has 0 unspecified atom stereocenters. The van der Waals surface area contributed by atoms with Gasteiger partial charge in [-0.05, 0) is 48.4 Å². The summed E-state index contributed by atoms with van der Waals surface area (Å²) in [5.41, 5.74) is 2.37. The Morgan fingerprint density at radius 3 is 2.85 bits per heavy atom. The summed E-state index contributed by atoms with van der Waals surface area (Å²) in [6.07, 6.45) is 7.18. The molecular formula is C20H17BrFN3O. The minimum Gasteiger partial charge on any atom is -0.352 e. The van der Waals surface area contributed by atoms with Gasteiger partial charge >= 0.3 is 0 Å². The maximum Gasteiger partial charge on any atom is 0.244 e. The summed E-state index contributed by atoms with van der Waals surface area (Å²) in [6, 6.07) is 14.4. The third-order valence-electron chi connectivity index (χ3n) is 3.74. The summed E-state index contributed by atoms with van der Waals surface area (Å²) in [5.74, 6) is -0.634. The lowest BCUT2D eigenvalue weighted by Crippen LogP contribution is -2.23. The standard InChI is InChI=1S/C20H17BrFN3O/c21-17-7-8-19(22)16(12-17)6-9-20(26)23-11-10-15-13-24-25(14-15)18-4-2-1-3-5-18/h1-9,12-14H,10-11H2,(H,23,26)/b9-6+. The fourth-order valence-corrected chi connectivity index (χ4v) is 2.79. The normalized spacial score (nSPS) is 11.0. The highest BCUT2D eigenvalue weighted by Gasteiger charge is 2.03. The molecule has 0 bridgehead atoms. The smallest absolute Gasteiger partial charge is 0.244 e. The number of benzene rings is 2. The van der Waals surface area contributed by atoms with Gasteiger partial charge in [0, 0.05) is 28.9 Å². The first-order valence-electron chi connectivity index (χ1n) is 8.12. The van der Waals surface area contributed by atoms with Crippen LogP contribution in [0, 0.1) is 5.82 Å². The molecule has 3 rings (SSSR count). The van der Waals surface area contributed by atoms with E-state index in [2.05, 4.69) is 26.3 Å². The van der Waals surface area contributed by atoms with Gasteiger partial charge < -0.3 is 5.32 Å². The van der Waals surface area contributed by atoms with Crippen molar-refractivity contribution in [2.45, 2.75) is 6.42 Å². The summed E-state index contributed by atoms with van der Waals surface area (Å²) >= 11 is 3.28. The monoisotopic (exact) mass is 413 g/mol. The first kappa shape index (κ1) is 18.1. The minimum atomic E-state index is -0.370. The minimum absolute atomic E-state index is 0.264. The third-order valence-corrected chi connectivity index (χ3v) is 4.24. The van der Waals surface area contributed by atoms with Crippen molar-refractivity contribution in [2.24, 2.45) is 0 Å². The number of aromatic nitrogens is 2. The second-order valence-corrected chi connectivity index (χ2v) is 6.58. The van der Waals surface area contributed by atoms with Gasteiger partial charge in [0.25, 0.3) is 0 Å². The van der Waals surface area contributed by atoms with E-state index in [9.17, 15) is 9.18 Å². The van der Waals surface area contributed by atoms with Crippen LogP contribution >= 0.6 is 15.9 Å². The van der Waals surface area contributed by atoms with Gasteiger partial charge in [-0.25, -0.2) is 9.07 Å². The molecule has 1 amide bonds. The number of amides is 1. The van der Waals surface area contributed by atoms with Gasteiger partial charge in [-0.2, -0.15) is 5.10 Å². The Morgan fingerprint density at radius 2 is 2.04 bits per heavy atom. The lowest BCUT2D eigenvalue weighted by Gasteiger charge is -2.01. The van der Waals surface area contributed by atoms with Crippen LogP contribution in [-0.2, 0) is 11.2 Å². The van der Waals surface area contributed by atoms with Crippen LogP contribution in [0.1, 0.15) is 11.1 Å². The van der Waals surface area contributed by atoms with Gasteiger partial charge in [0.1, 0.15) is 5.82 Å². The Bertz CT molecular complexity index is 922. The van der Waals surface area contributed by atoms with E-state index in [0.29, 0.717) is 18.5 Å². The molecular weight excluding hydrogens is 397 g/mol. The van der Waals surface area contributed by atoms with Gasteiger partial charge in [0.15, 0.2) is 0 Å². The quantitative estimate of drug-likeness (QED) is 0.617. The molecule has 4 nitrogen and oxygen atoms in total. The maximum atomic E-state index is 13.6. The molecule has 0 spiro atoms. The van der Waals surface area contributed by atoms with Crippen molar-refractivity contribution >= 4 is 27.9 Å². The number of hydrogen-bond donors (Lipinski definition) is 1. The largest absolute Gasteiger partial charge is 0.352 e. The van der Waals surface area contributed by atoms with E-state index in [1.54, 1.807) is 23.0 Å². The van der Waals surface area contributed by atoms with E-state index < -0.39 is 0 Å². The van der Waals surface area contributed by atoms with E-state index >= 15 is 0 Å². The molecule has 2 aromatic carbocycles. The predicted molar refractivity (Wildman–Crippen MR) is 103 cm³/mol. The number of hydrogen-bond acceptors (Lipinski definition) is 2. The van der Waals surface area contributed by atoms with Gasteiger partial charge in [-0.1, -0.05) is 34.1 Å². The van der Waals surface area contributed by atoms with E-state index in [4.69, 9.17) is 0 Å².